The molecule has 0 N–H and O–H groups in total. The van der Waals surface area contributed by atoms with E-state index in [4.69, 9.17) is 0 Å². The van der Waals surface area contributed by atoms with Gasteiger partial charge in [0.2, 0.25) is 8.40 Å². The summed E-state index contributed by atoms with van der Waals surface area (Å²) < 4.78 is 4.74. The second kappa shape index (κ2) is 4.93. The van der Waals surface area contributed by atoms with Crippen molar-refractivity contribution in [2.45, 2.75) is 25.8 Å². The summed E-state index contributed by atoms with van der Waals surface area (Å²) in [5, 5.41) is 0. The number of hydrogen-bond acceptors (Lipinski definition) is 2. The van der Waals surface area contributed by atoms with Crippen molar-refractivity contribution in [3.05, 3.63) is 12.3 Å². The molecule has 1 unspecified atom stereocenters. The molecule has 0 spiro atoms. The third kappa shape index (κ3) is 2.21. The van der Waals surface area contributed by atoms with Gasteiger partial charge in [0.05, 0.1) is 0 Å². The Bertz CT molecular complexity index is 158. The highest BCUT2D eigenvalue weighted by molar-refractivity contribution is 6.80. The van der Waals surface area contributed by atoms with Gasteiger partial charge in [-0.15, -0.1) is 6.58 Å². The first kappa shape index (κ1) is 12.9. The molecule has 2 nitrogen and oxygen atoms in total. The molecule has 3 heteroatoms. The Morgan fingerprint density at radius 1 is 1.23 bits per heavy atom. The predicted molar refractivity (Wildman–Crippen MR) is 63.0 cm³/mol. The fraction of sp³-hybridized carbons (Fsp3) is 0.800. The SMILES string of the molecule is C=C[Si](C(C)CC)(N(C)C)N(C)C. The Morgan fingerprint density at radius 2 is 1.62 bits per heavy atom. The zero-order chi connectivity index (χ0) is 10.6. The van der Waals surface area contributed by atoms with Gasteiger partial charge in [-0.25, -0.2) is 0 Å². The summed E-state index contributed by atoms with van der Waals surface area (Å²) in [6.07, 6.45) is 1.22. The van der Waals surface area contributed by atoms with Crippen LogP contribution >= 0.6 is 0 Å². The van der Waals surface area contributed by atoms with E-state index in [1.807, 2.05) is 0 Å². The van der Waals surface area contributed by atoms with Crippen molar-refractivity contribution in [1.29, 1.82) is 0 Å². The van der Waals surface area contributed by atoms with Crippen LogP contribution in [0.3, 0.4) is 0 Å². The van der Waals surface area contributed by atoms with Crippen molar-refractivity contribution < 1.29 is 0 Å². The van der Waals surface area contributed by atoms with E-state index in [0.717, 1.165) is 5.54 Å². The first-order chi connectivity index (χ1) is 5.93. The van der Waals surface area contributed by atoms with Gasteiger partial charge in [-0.2, -0.15) is 0 Å². The monoisotopic (exact) mass is 200 g/mol. The lowest BCUT2D eigenvalue weighted by Gasteiger charge is -2.44. The lowest BCUT2D eigenvalue weighted by molar-refractivity contribution is 0.468. The Morgan fingerprint density at radius 3 is 1.69 bits per heavy atom. The van der Waals surface area contributed by atoms with E-state index in [9.17, 15) is 0 Å². The molecule has 78 valence electrons. The van der Waals surface area contributed by atoms with E-state index in [2.05, 4.69) is 63.4 Å². The van der Waals surface area contributed by atoms with Gasteiger partial charge in [-0.05, 0) is 33.7 Å². The number of hydrogen-bond donors (Lipinski definition) is 0. The molecule has 0 fully saturated rings. The zero-order valence-corrected chi connectivity index (χ0v) is 11.0. The first-order valence-electron chi connectivity index (χ1n) is 4.91. The van der Waals surface area contributed by atoms with Gasteiger partial charge >= 0.3 is 0 Å². The topological polar surface area (TPSA) is 6.48 Å². The van der Waals surface area contributed by atoms with Crippen LogP contribution in [0.2, 0.25) is 5.54 Å². The second-order valence-corrected chi connectivity index (χ2v) is 8.83. The average Bonchev–Trinajstić information content (AvgIpc) is 2.04. The van der Waals surface area contributed by atoms with Crippen molar-refractivity contribution in [2.24, 2.45) is 0 Å². The summed E-state index contributed by atoms with van der Waals surface area (Å²) >= 11 is 0. The van der Waals surface area contributed by atoms with Crippen LogP contribution in [0.25, 0.3) is 0 Å². The van der Waals surface area contributed by atoms with Crippen LogP contribution in [-0.2, 0) is 0 Å². The molecular weight excluding hydrogens is 176 g/mol. The van der Waals surface area contributed by atoms with E-state index in [1.54, 1.807) is 0 Å². The molecule has 0 radical (unpaired) electrons. The molecule has 0 rings (SSSR count). The van der Waals surface area contributed by atoms with Crippen LogP contribution in [-0.4, -0.2) is 45.7 Å². The van der Waals surface area contributed by atoms with Gasteiger partial charge < -0.3 is 9.13 Å². The van der Waals surface area contributed by atoms with Crippen molar-refractivity contribution >= 4 is 8.40 Å². The molecule has 0 aliphatic carbocycles. The van der Waals surface area contributed by atoms with Crippen LogP contribution in [0, 0.1) is 0 Å². The maximum absolute atomic E-state index is 4.02. The van der Waals surface area contributed by atoms with Gasteiger partial charge in [0.15, 0.2) is 0 Å². The lowest BCUT2D eigenvalue weighted by atomic mass is 10.4. The fourth-order valence-electron chi connectivity index (χ4n) is 2.15. The normalized spacial score (nSPS) is 15.1. The van der Waals surface area contributed by atoms with Crippen molar-refractivity contribution in [3.63, 3.8) is 0 Å². The summed E-state index contributed by atoms with van der Waals surface area (Å²) in [4.78, 5) is 0. The maximum atomic E-state index is 4.02. The first-order valence-corrected chi connectivity index (χ1v) is 6.96. The molecule has 0 aliphatic rings. The minimum Gasteiger partial charge on any atom is -0.314 e. The third-order valence-electron chi connectivity index (χ3n) is 3.07. The average molecular weight is 200 g/mol. The molecule has 0 saturated carbocycles. The maximum Gasteiger partial charge on any atom is 0.233 e. The molecule has 0 aliphatic heterocycles. The summed E-state index contributed by atoms with van der Waals surface area (Å²) in [6, 6.07) is 0. The third-order valence-corrected chi connectivity index (χ3v) is 8.40. The molecule has 1 atom stereocenters. The molecule has 0 aromatic heterocycles. The molecule has 13 heavy (non-hydrogen) atoms. The summed E-state index contributed by atoms with van der Waals surface area (Å²) in [6.45, 7) is 8.60. The van der Waals surface area contributed by atoms with Gasteiger partial charge in [0, 0.05) is 0 Å². The molecule has 0 aromatic rings. The van der Waals surface area contributed by atoms with Crippen LogP contribution in [0.1, 0.15) is 20.3 Å². The fourth-order valence-corrected chi connectivity index (χ4v) is 6.44. The highest BCUT2D eigenvalue weighted by Gasteiger charge is 2.40. The Kier molecular flexibility index (Phi) is 4.89. The molecule has 0 amide bonds. The van der Waals surface area contributed by atoms with Gasteiger partial charge in [0.25, 0.3) is 0 Å². The van der Waals surface area contributed by atoms with E-state index in [0.29, 0.717) is 0 Å². The minimum atomic E-state index is -1.60. The smallest absolute Gasteiger partial charge is 0.233 e. The van der Waals surface area contributed by atoms with Crippen LogP contribution in [0.5, 0.6) is 0 Å². The van der Waals surface area contributed by atoms with E-state index >= 15 is 0 Å². The predicted octanol–water partition coefficient (Wildman–Crippen LogP) is 2.08. The quantitative estimate of drug-likeness (QED) is 0.627. The Balaban J connectivity index is 4.97. The van der Waals surface area contributed by atoms with Crippen molar-refractivity contribution in [3.8, 4) is 0 Å². The molecule has 0 heterocycles. The van der Waals surface area contributed by atoms with Gasteiger partial charge in [0.1, 0.15) is 0 Å². The van der Waals surface area contributed by atoms with Crippen LogP contribution < -0.4 is 0 Å². The number of nitrogens with zero attached hydrogens (tertiary/aromatic N) is 2. The lowest BCUT2D eigenvalue weighted by Crippen LogP contribution is -2.61. The largest absolute Gasteiger partial charge is 0.314 e. The summed E-state index contributed by atoms with van der Waals surface area (Å²) in [5.74, 6) is 0. The molecular formula is C10H24N2Si. The summed E-state index contributed by atoms with van der Waals surface area (Å²) in [7, 11) is 7.07. The zero-order valence-electron chi connectivity index (χ0n) is 9.96. The highest BCUT2D eigenvalue weighted by Crippen LogP contribution is 2.28. The van der Waals surface area contributed by atoms with Crippen LogP contribution in [0.15, 0.2) is 12.3 Å². The Labute approximate surface area is 84.4 Å². The molecule has 0 saturated heterocycles. The number of rotatable bonds is 5. The van der Waals surface area contributed by atoms with Crippen molar-refractivity contribution in [1.82, 2.24) is 9.13 Å². The summed E-state index contributed by atoms with van der Waals surface area (Å²) in [5.41, 5.74) is 2.90. The van der Waals surface area contributed by atoms with Crippen LogP contribution in [0.4, 0.5) is 0 Å². The molecule has 0 bridgehead atoms. The minimum absolute atomic E-state index is 0.718. The van der Waals surface area contributed by atoms with E-state index < -0.39 is 8.40 Å². The molecule has 0 aromatic carbocycles. The van der Waals surface area contributed by atoms with E-state index in [-0.39, 0.29) is 0 Å². The highest BCUT2D eigenvalue weighted by atomic mass is 28.3. The standard InChI is InChI=1S/C10H24N2Si/c1-8-10(3)13(9-2,11(4)5)12(6)7/h9-10H,2,8H2,1,3-7H3. The van der Waals surface area contributed by atoms with Gasteiger partial charge in [-0.3, -0.25) is 0 Å². The van der Waals surface area contributed by atoms with Crippen molar-refractivity contribution in [2.75, 3.05) is 28.2 Å². The van der Waals surface area contributed by atoms with E-state index in [1.165, 1.54) is 6.42 Å². The van der Waals surface area contributed by atoms with Gasteiger partial charge in [-0.1, -0.05) is 26.0 Å². The second-order valence-electron chi connectivity index (χ2n) is 4.09. The Hall–Kier alpha value is -0.123.